The molecule has 3 rings (SSSR count). The zero-order valence-corrected chi connectivity index (χ0v) is 12.6. The lowest BCUT2D eigenvalue weighted by Crippen LogP contribution is -2.28. The minimum Gasteiger partial charge on any atom is -0.475 e. The number of furan rings is 1. The lowest BCUT2D eigenvalue weighted by Gasteiger charge is -2.07. The van der Waals surface area contributed by atoms with Gasteiger partial charge in [-0.15, -0.1) is 10.2 Å². The van der Waals surface area contributed by atoms with E-state index in [1.165, 1.54) is 18.2 Å². The molecule has 0 saturated heterocycles. The molecule has 0 aliphatic carbocycles. The first-order chi connectivity index (χ1) is 11.7. The Morgan fingerprint density at radius 1 is 1.12 bits per heavy atom. The molecule has 0 atom stereocenters. The van der Waals surface area contributed by atoms with Crippen molar-refractivity contribution >= 4 is 5.91 Å². The summed E-state index contributed by atoms with van der Waals surface area (Å²) in [5, 5.41) is 10.5. The van der Waals surface area contributed by atoms with Gasteiger partial charge in [-0.1, -0.05) is 12.1 Å². The molecule has 2 aromatic heterocycles. The summed E-state index contributed by atoms with van der Waals surface area (Å²) in [5.41, 5.74) is 0.597. The van der Waals surface area contributed by atoms with Crippen LogP contribution in [-0.4, -0.2) is 29.3 Å². The number of nitrogens with zero attached hydrogens (tertiary/aromatic N) is 2. The van der Waals surface area contributed by atoms with Crippen molar-refractivity contribution in [2.45, 2.75) is 0 Å². The average Bonchev–Trinajstić information content (AvgIpc) is 3.14. The maximum absolute atomic E-state index is 13.5. The third kappa shape index (κ3) is 3.75. The van der Waals surface area contributed by atoms with Crippen molar-refractivity contribution in [3.63, 3.8) is 0 Å². The third-order valence-corrected chi connectivity index (χ3v) is 3.17. The molecule has 0 aliphatic heterocycles. The van der Waals surface area contributed by atoms with Crippen molar-refractivity contribution in [3.8, 4) is 17.3 Å². The van der Waals surface area contributed by atoms with Gasteiger partial charge in [-0.3, -0.25) is 4.79 Å². The molecule has 0 fully saturated rings. The van der Waals surface area contributed by atoms with E-state index < -0.39 is 11.7 Å². The van der Waals surface area contributed by atoms with Crippen LogP contribution < -0.4 is 10.1 Å². The molecule has 0 radical (unpaired) electrons. The van der Waals surface area contributed by atoms with Crippen molar-refractivity contribution in [2.75, 3.05) is 13.2 Å². The predicted molar refractivity (Wildman–Crippen MR) is 84.0 cm³/mol. The largest absolute Gasteiger partial charge is 0.475 e. The SMILES string of the molecule is O=C(NCCOc1ccc(-c2ccco2)nn1)c1ccccc1F. The maximum Gasteiger partial charge on any atom is 0.254 e. The lowest BCUT2D eigenvalue weighted by atomic mass is 10.2. The van der Waals surface area contributed by atoms with E-state index in [9.17, 15) is 9.18 Å². The summed E-state index contributed by atoms with van der Waals surface area (Å²) in [6, 6.07) is 12.7. The number of ether oxygens (including phenoxy) is 1. The van der Waals surface area contributed by atoms with Crippen molar-refractivity contribution in [1.29, 1.82) is 0 Å². The van der Waals surface area contributed by atoms with Crippen LogP contribution >= 0.6 is 0 Å². The summed E-state index contributed by atoms with van der Waals surface area (Å²) in [6.45, 7) is 0.407. The normalized spacial score (nSPS) is 10.4. The number of carbonyl (C=O) groups excluding carboxylic acids is 1. The van der Waals surface area contributed by atoms with E-state index in [2.05, 4.69) is 15.5 Å². The van der Waals surface area contributed by atoms with Crippen LogP contribution in [0.1, 0.15) is 10.4 Å². The van der Waals surface area contributed by atoms with Crippen LogP contribution in [0.4, 0.5) is 4.39 Å². The van der Waals surface area contributed by atoms with Crippen LogP contribution in [-0.2, 0) is 0 Å². The zero-order valence-electron chi connectivity index (χ0n) is 12.6. The number of hydrogen-bond acceptors (Lipinski definition) is 5. The number of benzene rings is 1. The van der Waals surface area contributed by atoms with Gasteiger partial charge in [0.05, 0.1) is 18.4 Å². The molecule has 1 aromatic carbocycles. The summed E-state index contributed by atoms with van der Waals surface area (Å²) in [4.78, 5) is 11.8. The van der Waals surface area contributed by atoms with Crippen LogP contribution in [0.5, 0.6) is 5.88 Å². The van der Waals surface area contributed by atoms with E-state index in [-0.39, 0.29) is 18.7 Å². The lowest BCUT2D eigenvalue weighted by molar-refractivity contribution is 0.0942. The van der Waals surface area contributed by atoms with Gasteiger partial charge in [-0.05, 0) is 30.3 Å². The molecule has 2 heterocycles. The molecule has 0 saturated carbocycles. The number of carbonyl (C=O) groups is 1. The van der Waals surface area contributed by atoms with E-state index in [1.807, 2.05) is 0 Å². The van der Waals surface area contributed by atoms with Crippen LogP contribution in [0, 0.1) is 5.82 Å². The second kappa shape index (κ2) is 7.36. The molecule has 122 valence electrons. The van der Waals surface area contributed by atoms with Crippen LogP contribution in [0.25, 0.3) is 11.5 Å². The first-order valence-corrected chi connectivity index (χ1v) is 7.27. The number of aromatic nitrogens is 2. The summed E-state index contributed by atoms with van der Waals surface area (Å²) >= 11 is 0. The minimum absolute atomic E-state index is 0.0000856. The van der Waals surface area contributed by atoms with Crippen LogP contribution in [0.2, 0.25) is 0 Å². The Morgan fingerprint density at radius 3 is 2.71 bits per heavy atom. The fourth-order valence-electron chi connectivity index (χ4n) is 2.01. The summed E-state index contributed by atoms with van der Waals surface area (Å²) in [5.74, 6) is -0.108. The topological polar surface area (TPSA) is 77.2 Å². The highest BCUT2D eigenvalue weighted by molar-refractivity contribution is 5.94. The van der Waals surface area contributed by atoms with Gasteiger partial charge in [-0.2, -0.15) is 0 Å². The van der Waals surface area contributed by atoms with Crippen LogP contribution in [0.15, 0.2) is 59.2 Å². The molecule has 3 aromatic rings. The number of nitrogens with one attached hydrogen (secondary N) is 1. The van der Waals surface area contributed by atoms with Crippen molar-refractivity contribution in [3.05, 3.63) is 66.2 Å². The molecule has 0 unspecified atom stereocenters. The zero-order chi connectivity index (χ0) is 16.8. The van der Waals surface area contributed by atoms with Gasteiger partial charge >= 0.3 is 0 Å². The third-order valence-electron chi connectivity index (χ3n) is 3.17. The van der Waals surface area contributed by atoms with E-state index in [4.69, 9.17) is 9.15 Å². The molecule has 0 spiro atoms. The molecule has 0 aliphatic rings. The Kier molecular flexibility index (Phi) is 4.81. The Balaban J connectivity index is 1.47. The van der Waals surface area contributed by atoms with Gasteiger partial charge in [0.1, 0.15) is 18.1 Å². The van der Waals surface area contributed by atoms with Gasteiger partial charge in [0.2, 0.25) is 5.88 Å². The van der Waals surface area contributed by atoms with Crippen molar-refractivity contribution in [1.82, 2.24) is 15.5 Å². The second-order valence-corrected chi connectivity index (χ2v) is 4.82. The van der Waals surface area contributed by atoms with Gasteiger partial charge in [0, 0.05) is 6.07 Å². The standard InChI is InChI=1S/C17H14FN3O3/c18-13-5-2-1-4-12(13)17(22)19-9-11-24-16-8-7-14(20-21-16)15-6-3-10-23-15/h1-8,10H,9,11H2,(H,19,22). The highest BCUT2D eigenvalue weighted by Gasteiger charge is 2.10. The quantitative estimate of drug-likeness (QED) is 0.704. The molecule has 6 nitrogen and oxygen atoms in total. The summed E-state index contributed by atoms with van der Waals surface area (Å²) in [6.07, 6.45) is 1.56. The minimum atomic E-state index is -0.560. The fourth-order valence-corrected chi connectivity index (χ4v) is 2.01. The Morgan fingerprint density at radius 2 is 2.00 bits per heavy atom. The number of hydrogen-bond donors (Lipinski definition) is 1. The van der Waals surface area contributed by atoms with E-state index in [0.717, 1.165) is 0 Å². The Labute approximate surface area is 137 Å². The van der Waals surface area contributed by atoms with Gasteiger partial charge in [0.25, 0.3) is 5.91 Å². The first-order valence-electron chi connectivity index (χ1n) is 7.27. The Hall–Kier alpha value is -3.22. The monoisotopic (exact) mass is 327 g/mol. The fraction of sp³-hybridized carbons (Fsp3) is 0.118. The Bertz CT molecular complexity index is 804. The predicted octanol–water partition coefficient (Wildman–Crippen LogP) is 2.68. The van der Waals surface area contributed by atoms with E-state index in [1.54, 1.807) is 36.6 Å². The molecule has 1 N–H and O–H groups in total. The van der Waals surface area contributed by atoms with E-state index in [0.29, 0.717) is 17.3 Å². The molecule has 24 heavy (non-hydrogen) atoms. The molecular formula is C17H14FN3O3. The molecule has 0 bridgehead atoms. The van der Waals surface area contributed by atoms with Gasteiger partial charge in [-0.25, -0.2) is 4.39 Å². The van der Waals surface area contributed by atoms with E-state index >= 15 is 0 Å². The van der Waals surface area contributed by atoms with Crippen molar-refractivity contribution < 1.29 is 18.3 Å². The number of rotatable bonds is 6. The van der Waals surface area contributed by atoms with Gasteiger partial charge in [0.15, 0.2) is 5.76 Å². The second-order valence-electron chi connectivity index (χ2n) is 4.82. The molecule has 1 amide bonds. The molecular weight excluding hydrogens is 313 g/mol. The summed E-state index contributed by atoms with van der Waals surface area (Å²) < 4.78 is 24.0. The van der Waals surface area contributed by atoms with Crippen molar-refractivity contribution in [2.24, 2.45) is 0 Å². The smallest absolute Gasteiger partial charge is 0.254 e. The number of halogens is 1. The summed E-state index contributed by atoms with van der Waals surface area (Å²) in [7, 11) is 0. The average molecular weight is 327 g/mol. The van der Waals surface area contributed by atoms with Crippen LogP contribution in [0.3, 0.4) is 0 Å². The van der Waals surface area contributed by atoms with Gasteiger partial charge < -0.3 is 14.5 Å². The first kappa shape index (κ1) is 15.7. The number of amides is 1. The maximum atomic E-state index is 13.5. The highest BCUT2D eigenvalue weighted by Crippen LogP contribution is 2.17. The highest BCUT2D eigenvalue weighted by atomic mass is 19.1. The molecule has 7 heteroatoms.